The third-order valence-corrected chi connectivity index (χ3v) is 3.48. The minimum atomic E-state index is -0.162. The first-order valence-corrected chi connectivity index (χ1v) is 7.42. The van der Waals surface area contributed by atoms with Gasteiger partial charge in [0.15, 0.2) is 0 Å². The molecule has 0 aliphatic rings. The highest BCUT2D eigenvalue weighted by Crippen LogP contribution is 2.10. The molecular formula is C16H22N4O2. The lowest BCUT2D eigenvalue weighted by Gasteiger charge is -2.20. The minimum Gasteiger partial charge on any atom is -0.395 e. The largest absolute Gasteiger partial charge is 0.395 e. The summed E-state index contributed by atoms with van der Waals surface area (Å²) in [5.74, 6) is 0. The van der Waals surface area contributed by atoms with E-state index in [0.29, 0.717) is 26.2 Å². The maximum Gasteiger partial charge on any atom is 0.317 e. The van der Waals surface area contributed by atoms with E-state index in [1.165, 1.54) is 0 Å². The summed E-state index contributed by atoms with van der Waals surface area (Å²) in [6.07, 6.45) is 3.66. The van der Waals surface area contributed by atoms with Crippen LogP contribution in [-0.4, -0.2) is 45.5 Å². The van der Waals surface area contributed by atoms with Crippen molar-refractivity contribution in [2.24, 2.45) is 0 Å². The second-order valence-corrected chi connectivity index (χ2v) is 4.93. The van der Waals surface area contributed by atoms with Gasteiger partial charge in [0.1, 0.15) is 0 Å². The smallest absolute Gasteiger partial charge is 0.317 e. The summed E-state index contributed by atoms with van der Waals surface area (Å²) >= 11 is 0. The van der Waals surface area contributed by atoms with Crippen LogP contribution in [0.15, 0.2) is 42.7 Å². The molecule has 22 heavy (non-hydrogen) atoms. The molecule has 0 aliphatic carbocycles. The Morgan fingerprint density at radius 1 is 1.32 bits per heavy atom. The molecule has 0 atom stereocenters. The first-order valence-electron chi connectivity index (χ1n) is 7.42. The SMILES string of the molecule is CCN(CCO)C(=O)NCc1ccccc1Cn1cccn1. The van der Waals surface area contributed by atoms with Crippen LogP contribution in [0.2, 0.25) is 0 Å². The topological polar surface area (TPSA) is 70.4 Å². The number of nitrogens with zero attached hydrogens (tertiary/aromatic N) is 3. The molecule has 0 fully saturated rings. The Balaban J connectivity index is 1.99. The quantitative estimate of drug-likeness (QED) is 0.813. The van der Waals surface area contributed by atoms with Crippen LogP contribution in [0.25, 0.3) is 0 Å². The minimum absolute atomic E-state index is 0.0306. The van der Waals surface area contributed by atoms with Crippen molar-refractivity contribution in [3.05, 3.63) is 53.9 Å². The van der Waals surface area contributed by atoms with E-state index in [2.05, 4.69) is 10.4 Å². The van der Waals surface area contributed by atoms with E-state index < -0.39 is 0 Å². The zero-order valence-electron chi connectivity index (χ0n) is 12.8. The summed E-state index contributed by atoms with van der Waals surface area (Å²) in [4.78, 5) is 13.6. The van der Waals surface area contributed by atoms with Crippen LogP contribution in [-0.2, 0) is 13.1 Å². The monoisotopic (exact) mass is 302 g/mol. The molecule has 2 aromatic rings. The van der Waals surface area contributed by atoms with Crippen molar-refractivity contribution < 1.29 is 9.90 Å². The third kappa shape index (κ3) is 4.33. The van der Waals surface area contributed by atoms with E-state index in [0.717, 1.165) is 11.1 Å². The number of aliphatic hydroxyl groups is 1. The van der Waals surface area contributed by atoms with Crippen LogP contribution in [0.4, 0.5) is 4.79 Å². The summed E-state index contributed by atoms with van der Waals surface area (Å²) in [5, 5.41) is 16.1. The van der Waals surface area contributed by atoms with Crippen molar-refractivity contribution in [2.75, 3.05) is 19.7 Å². The van der Waals surface area contributed by atoms with Gasteiger partial charge in [0.25, 0.3) is 0 Å². The molecule has 1 aromatic carbocycles. The van der Waals surface area contributed by atoms with Crippen molar-refractivity contribution >= 4 is 6.03 Å². The van der Waals surface area contributed by atoms with Gasteiger partial charge in [0, 0.05) is 32.0 Å². The van der Waals surface area contributed by atoms with Crippen molar-refractivity contribution in [1.82, 2.24) is 20.0 Å². The van der Waals surface area contributed by atoms with Crippen molar-refractivity contribution in [3.63, 3.8) is 0 Å². The van der Waals surface area contributed by atoms with Gasteiger partial charge in [-0.25, -0.2) is 4.79 Å². The molecule has 0 saturated carbocycles. The lowest BCUT2D eigenvalue weighted by molar-refractivity contribution is 0.180. The van der Waals surface area contributed by atoms with Crippen LogP contribution < -0.4 is 5.32 Å². The Morgan fingerprint density at radius 2 is 2.09 bits per heavy atom. The fraction of sp³-hybridized carbons (Fsp3) is 0.375. The molecule has 0 aliphatic heterocycles. The molecule has 0 radical (unpaired) electrons. The normalized spacial score (nSPS) is 10.5. The summed E-state index contributed by atoms with van der Waals surface area (Å²) in [6, 6.07) is 9.70. The summed E-state index contributed by atoms with van der Waals surface area (Å²) in [5.41, 5.74) is 2.18. The molecule has 0 unspecified atom stereocenters. The molecule has 6 nitrogen and oxygen atoms in total. The van der Waals surface area contributed by atoms with Gasteiger partial charge >= 0.3 is 6.03 Å². The van der Waals surface area contributed by atoms with Crippen LogP contribution in [0, 0.1) is 0 Å². The van der Waals surface area contributed by atoms with Gasteiger partial charge in [-0.1, -0.05) is 24.3 Å². The fourth-order valence-electron chi connectivity index (χ4n) is 2.26. The van der Waals surface area contributed by atoms with Crippen LogP contribution >= 0.6 is 0 Å². The third-order valence-electron chi connectivity index (χ3n) is 3.48. The number of rotatable bonds is 7. The van der Waals surface area contributed by atoms with Crippen LogP contribution in [0.5, 0.6) is 0 Å². The van der Waals surface area contributed by atoms with Crippen LogP contribution in [0.3, 0.4) is 0 Å². The maximum atomic E-state index is 12.1. The highest BCUT2D eigenvalue weighted by atomic mass is 16.3. The fourth-order valence-corrected chi connectivity index (χ4v) is 2.26. The van der Waals surface area contributed by atoms with Gasteiger partial charge in [-0.2, -0.15) is 5.10 Å². The van der Waals surface area contributed by atoms with Crippen LogP contribution in [0.1, 0.15) is 18.1 Å². The number of aliphatic hydroxyl groups excluding tert-OH is 1. The number of hydrogen-bond acceptors (Lipinski definition) is 3. The predicted molar refractivity (Wildman–Crippen MR) is 84.3 cm³/mol. The van der Waals surface area contributed by atoms with E-state index in [9.17, 15) is 4.79 Å². The number of benzene rings is 1. The van der Waals surface area contributed by atoms with Crippen molar-refractivity contribution in [3.8, 4) is 0 Å². The molecule has 118 valence electrons. The van der Waals surface area contributed by atoms with Gasteiger partial charge in [0.05, 0.1) is 13.2 Å². The molecule has 2 rings (SSSR count). The molecule has 2 amide bonds. The van der Waals surface area contributed by atoms with Gasteiger partial charge < -0.3 is 15.3 Å². The van der Waals surface area contributed by atoms with Gasteiger partial charge in [-0.15, -0.1) is 0 Å². The number of hydrogen-bond donors (Lipinski definition) is 2. The molecular weight excluding hydrogens is 280 g/mol. The Bertz CT molecular complexity index is 584. The molecule has 1 heterocycles. The summed E-state index contributed by atoms with van der Waals surface area (Å²) in [6.45, 7) is 3.90. The molecule has 0 spiro atoms. The second kappa shape index (κ2) is 8.19. The number of urea groups is 1. The maximum absolute atomic E-state index is 12.1. The average Bonchev–Trinajstić information content (AvgIpc) is 3.04. The van der Waals surface area contributed by atoms with Gasteiger partial charge in [-0.05, 0) is 24.1 Å². The molecule has 2 N–H and O–H groups in total. The standard InChI is InChI=1S/C16H22N4O2/c1-2-19(10-11-21)16(22)17-12-14-6-3-4-7-15(14)13-20-9-5-8-18-20/h3-9,21H,2,10-13H2,1H3,(H,17,22). The molecule has 0 bridgehead atoms. The first-order chi connectivity index (χ1) is 10.7. The molecule has 1 aromatic heterocycles. The average molecular weight is 302 g/mol. The second-order valence-electron chi connectivity index (χ2n) is 4.93. The predicted octanol–water partition coefficient (Wildman–Crippen LogP) is 1.46. The Hall–Kier alpha value is -2.34. The number of carbonyl (C=O) groups excluding carboxylic acids is 1. The van der Waals surface area contributed by atoms with Gasteiger partial charge in [0.2, 0.25) is 0 Å². The number of carbonyl (C=O) groups is 1. The van der Waals surface area contributed by atoms with Gasteiger partial charge in [-0.3, -0.25) is 4.68 Å². The zero-order chi connectivity index (χ0) is 15.8. The highest BCUT2D eigenvalue weighted by Gasteiger charge is 2.11. The molecule has 0 saturated heterocycles. The first kappa shape index (κ1) is 16.0. The summed E-state index contributed by atoms with van der Waals surface area (Å²) in [7, 11) is 0. The van der Waals surface area contributed by atoms with Crippen molar-refractivity contribution in [2.45, 2.75) is 20.0 Å². The Morgan fingerprint density at radius 3 is 2.73 bits per heavy atom. The Kier molecular flexibility index (Phi) is 5.97. The van der Waals surface area contributed by atoms with E-state index in [-0.39, 0.29) is 12.6 Å². The number of aromatic nitrogens is 2. The number of amides is 2. The number of likely N-dealkylation sites (N-methyl/N-ethyl adjacent to an activating group) is 1. The lowest BCUT2D eigenvalue weighted by atomic mass is 10.1. The number of nitrogens with one attached hydrogen (secondary N) is 1. The van der Waals surface area contributed by atoms with E-state index in [1.807, 2.05) is 48.1 Å². The van der Waals surface area contributed by atoms with E-state index in [4.69, 9.17) is 5.11 Å². The van der Waals surface area contributed by atoms with Crippen molar-refractivity contribution in [1.29, 1.82) is 0 Å². The molecule has 6 heteroatoms. The lowest BCUT2D eigenvalue weighted by Crippen LogP contribution is -2.41. The summed E-state index contributed by atoms with van der Waals surface area (Å²) < 4.78 is 1.85. The van der Waals surface area contributed by atoms with E-state index in [1.54, 1.807) is 11.1 Å². The highest BCUT2D eigenvalue weighted by molar-refractivity contribution is 5.74. The zero-order valence-corrected chi connectivity index (χ0v) is 12.8. The Labute approximate surface area is 130 Å². The van der Waals surface area contributed by atoms with E-state index >= 15 is 0 Å².